The third-order valence-corrected chi connectivity index (χ3v) is 5.96. The molecule has 2 radical (unpaired) electrons. The number of hydrogen-bond donors (Lipinski definition) is 3. The van der Waals surface area contributed by atoms with E-state index in [4.69, 9.17) is 5.73 Å². The molecule has 16 heteroatoms. The van der Waals surface area contributed by atoms with E-state index in [1.807, 2.05) is 0 Å². The minimum absolute atomic E-state index is 0. The minimum atomic E-state index is -5.07. The fraction of sp³-hybridized carbons (Fsp3) is 0. The summed E-state index contributed by atoms with van der Waals surface area (Å²) < 4.78 is 65.6. The first-order valence-electron chi connectivity index (χ1n) is 7.86. The van der Waals surface area contributed by atoms with Crippen molar-refractivity contribution in [2.45, 2.75) is 9.79 Å². The Labute approximate surface area is 226 Å². The summed E-state index contributed by atoms with van der Waals surface area (Å²) in [6.07, 6.45) is 0. The molecule has 0 fully saturated rings. The maximum Gasteiger partial charge on any atom is 0.296 e. The second-order valence-corrected chi connectivity index (χ2v) is 8.66. The number of benzene rings is 3. The molecule has 3 rings (SSSR count). The molecular formula is C16H12N4Na2O8S2. The van der Waals surface area contributed by atoms with Crippen LogP contribution in [0.15, 0.2) is 68.6 Å². The second kappa shape index (κ2) is 10.6. The van der Waals surface area contributed by atoms with Crippen LogP contribution in [0.5, 0.6) is 0 Å². The molecule has 0 bridgehead atoms. The summed E-state index contributed by atoms with van der Waals surface area (Å²) in [4.78, 5) is 8.06. The minimum Gasteiger partial charge on any atom is -0.397 e. The van der Waals surface area contributed by atoms with Crippen LogP contribution in [0, 0.1) is 10.1 Å². The number of fused-ring (bicyclic) bond motifs is 1. The van der Waals surface area contributed by atoms with Crippen LogP contribution in [-0.4, -0.2) is 90.0 Å². The van der Waals surface area contributed by atoms with E-state index in [1.165, 1.54) is 30.3 Å². The third kappa shape index (κ3) is 6.11. The van der Waals surface area contributed by atoms with Crippen molar-refractivity contribution >= 4 is 113 Å². The van der Waals surface area contributed by atoms with E-state index in [0.717, 1.165) is 18.2 Å². The molecular weight excluding hydrogens is 486 g/mol. The summed E-state index contributed by atoms with van der Waals surface area (Å²) in [6.45, 7) is 0. The van der Waals surface area contributed by atoms with Gasteiger partial charge in [-0.1, -0.05) is 12.1 Å². The Morgan fingerprint density at radius 3 is 1.88 bits per heavy atom. The van der Waals surface area contributed by atoms with Crippen molar-refractivity contribution in [3.63, 3.8) is 0 Å². The molecule has 0 saturated carbocycles. The Morgan fingerprint density at radius 1 is 0.812 bits per heavy atom. The Balaban J connectivity index is 0.00000256. The number of nitro groups is 1. The van der Waals surface area contributed by atoms with Crippen LogP contribution in [-0.2, 0) is 20.2 Å². The van der Waals surface area contributed by atoms with Crippen molar-refractivity contribution in [2.24, 2.45) is 10.2 Å². The Morgan fingerprint density at radius 2 is 1.38 bits per heavy atom. The normalized spacial score (nSPS) is 11.7. The predicted molar refractivity (Wildman–Crippen MR) is 117 cm³/mol. The van der Waals surface area contributed by atoms with Crippen molar-refractivity contribution in [1.82, 2.24) is 0 Å². The molecule has 0 aliphatic carbocycles. The molecule has 0 unspecified atom stereocenters. The molecule has 158 valence electrons. The van der Waals surface area contributed by atoms with Crippen LogP contribution in [0.3, 0.4) is 0 Å². The summed E-state index contributed by atoms with van der Waals surface area (Å²) in [6, 6.07) is 9.35. The smallest absolute Gasteiger partial charge is 0.296 e. The van der Waals surface area contributed by atoms with Gasteiger partial charge in [-0.05, 0) is 24.3 Å². The van der Waals surface area contributed by atoms with Crippen LogP contribution in [0.1, 0.15) is 0 Å². The molecule has 3 aromatic rings. The summed E-state index contributed by atoms with van der Waals surface area (Å²) >= 11 is 0. The number of rotatable bonds is 5. The monoisotopic (exact) mass is 498 g/mol. The van der Waals surface area contributed by atoms with Gasteiger partial charge in [0, 0.05) is 82.0 Å². The molecule has 0 amide bonds. The van der Waals surface area contributed by atoms with Crippen molar-refractivity contribution in [1.29, 1.82) is 0 Å². The van der Waals surface area contributed by atoms with E-state index < -0.39 is 35.0 Å². The van der Waals surface area contributed by atoms with E-state index in [9.17, 15) is 36.1 Å². The number of nitrogens with zero attached hydrogens (tertiary/aromatic N) is 3. The SMILES string of the molecule is Nc1ccc2c(S(=O)(=O)O)c(S(=O)(=O)O)ccc2c1N=Nc1ccc([N+](=O)[O-])cc1.[Na].[Na]. The first-order chi connectivity index (χ1) is 13.9. The van der Waals surface area contributed by atoms with E-state index in [2.05, 4.69) is 10.2 Å². The number of non-ortho nitro benzene ring substituents is 1. The van der Waals surface area contributed by atoms with Crippen molar-refractivity contribution in [3.05, 3.63) is 58.6 Å². The molecule has 0 aliphatic heterocycles. The van der Waals surface area contributed by atoms with Crippen molar-refractivity contribution in [3.8, 4) is 0 Å². The fourth-order valence-corrected chi connectivity index (χ4v) is 4.68. The van der Waals surface area contributed by atoms with Crippen LogP contribution < -0.4 is 5.73 Å². The van der Waals surface area contributed by atoms with Gasteiger partial charge in [0.25, 0.3) is 25.9 Å². The Bertz CT molecular complexity index is 1430. The number of hydrogen-bond acceptors (Lipinski definition) is 9. The molecule has 32 heavy (non-hydrogen) atoms. The molecule has 3 aromatic carbocycles. The molecule has 0 spiro atoms. The van der Waals surface area contributed by atoms with Gasteiger partial charge < -0.3 is 5.73 Å². The number of anilines is 1. The van der Waals surface area contributed by atoms with E-state index in [1.54, 1.807) is 0 Å². The van der Waals surface area contributed by atoms with Gasteiger partial charge in [0.2, 0.25) is 0 Å². The summed E-state index contributed by atoms with van der Waals surface area (Å²) in [5.74, 6) is 0. The maximum absolute atomic E-state index is 11.8. The zero-order valence-corrected chi connectivity index (χ0v) is 22.3. The molecule has 12 nitrogen and oxygen atoms in total. The Hall–Kier alpha value is -1.46. The third-order valence-electron chi connectivity index (χ3n) is 3.98. The average molecular weight is 498 g/mol. The van der Waals surface area contributed by atoms with Gasteiger partial charge in [-0.3, -0.25) is 19.2 Å². The topological polar surface area (TPSA) is 203 Å². The summed E-state index contributed by atoms with van der Waals surface area (Å²) in [7, 11) is -10.0. The van der Waals surface area contributed by atoms with Gasteiger partial charge in [-0.25, -0.2) is 0 Å². The average Bonchev–Trinajstić information content (AvgIpc) is 2.65. The first-order valence-corrected chi connectivity index (χ1v) is 10.7. The Kier molecular flexibility index (Phi) is 9.51. The van der Waals surface area contributed by atoms with Crippen LogP contribution in [0.25, 0.3) is 10.8 Å². The van der Waals surface area contributed by atoms with Gasteiger partial charge in [0.1, 0.15) is 15.5 Å². The van der Waals surface area contributed by atoms with Gasteiger partial charge in [-0.15, -0.1) is 5.11 Å². The molecule has 0 aliphatic rings. The largest absolute Gasteiger partial charge is 0.397 e. The quantitative estimate of drug-likeness (QED) is 0.118. The standard InChI is InChI=1S/C16H12N4O8S2.2Na/c17-13-7-5-12-11(6-8-14(29(23,24)25)16(12)30(26,27)28)15(13)19-18-9-1-3-10(4-2-9)20(21)22;;/h1-8H,17H2,(H,23,24,25)(H,26,27,28);;. The predicted octanol–water partition coefficient (Wildman–Crippen LogP) is 2.48. The van der Waals surface area contributed by atoms with Crippen LogP contribution in [0.2, 0.25) is 0 Å². The second-order valence-electron chi connectivity index (χ2n) is 5.91. The van der Waals surface area contributed by atoms with Crippen LogP contribution >= 0.6 is 0 Å². The fourth-order valence-electron chi connectivity index (χ4n) is 2.69. The van der Waals surface area contributed by atoms with Gasteiger partial charge >= 0.3 is 0 Å². The number of nitro benzene ring substituents is 1. The first kappa shape index (κ1) is 28.6. The van der Waals surface area contributed by atoms with Gasteiger partial charge in [-0.2, -0.15) is 21.9 Å². The number of azo groups is 1. The molecule has 4 N–H and O–H groups in total. The van der Waals surface area contributed by atoms with E-state index >= 15 is 0 Å². The summed E-state index contributed by atoms with van der Waals surface area (Å²) in [5, 5.41) is 18.3. The van der Waals surface area contributed by atoms with Gasteiger partial charge in [0.05, 0.1) is 16.3 Å². The molecule has 0 atom stereocenters. The summed E-state index contributed by atoms with van der Waals surface area (Å²) in [5.41, 5.74) is 5.95. The van der Waals surface area contributed by atoms with E-state index in [-0.39, 0.29) is 92.6 Å². The molecule has 0 aromatic heterocycles. The van der Waals surface area contributed by atoms with Gasteiger partial charge in [0.15, 0.2) is 0 Å². The zero-order valence-electron chi connectivity index (χ0n) is 16.7. The number of nitrogens with two attached hydrogens (primary N) is 1. The van der Waals surface area contributed by atoms with Crippen molar-refractivity contribution < 1.29 is 30.9 Å². The van der Waals surface area contributed by atoms with Crippen LogP contribution in [0.4, 0.5) is 22.7 Å². The van der Waals surface area contributed by atoms with E-state index in [0.29, 0.717) is 0 Å². The molecule has 0 saturated heterocycles. The van der Waals surface area contributed by atoms with Crippen molar-refractivity contribution in [2.75, 3.05) is 5.73 Å². The zero-order chi connectivity index (χ0) is 22.3. The molecule has 0 heterocycles. The maximum atomic E-state index is 11.8. The number of nitrogen functional groups attached to an aromatic ring is 1.